The number of fused-ring (bicyclic) bond motifs is 3. The molecule has 4 aliphatic rings. The Morgan fingerprint density at radius 3 is 1.44 bits per heavy atom. The van der Waals surface area contributed by atoms with Crippen LogP contribution in [-0.4, -0.2) is 125 Å². The van der Waals surface area contributed by atoms with Crippen molar-refractivity contribution in [1.29, 1.82) is 0 Å². The number of aryl methyl sites for hydroxylation is 1. The largest absolute Gasteiger partial charge is 0.365 e. The fraction of sp³-hybridized carbons (Fsp3) is 0.590. The Morgan fingerprint density at radius 1 is 0.654 bits per heavy atom. The molecular weight excluding hydrogens is 662 g/mol. The fourth-order valence-corrected chi connectivity index (χ4v) is 8.78. The van der Waals surface area contributed by atoms with Gasteiger partial charge in [0.15, 0.2) is 0 Å². The Balaban J connectivity index is 1.05. The number of carbonyl (C=O) groups is 4. The molecule has 13 nitrogen and oxygen atoms in total. The van der Waals surface area contributed by atoms with Gasteiger partial charge in [0, 0.05) is 55.4 Å². The highest BCUT2D eigenvalue weighted by Gasteiger charge is 2.42. The van der Waals surface area contributed by atoms with Gasteiger partial charge in [-0.3, -0.25) is 29.0 Å². The van der Waals surface area contributed by atoms with Crippen LogP contribution in [0.3, 0.4) is 0 Å². The van der Waals surface area contributed by atoms with E-state index in [9.17, 15) is 19.2 Å². The van der Waals surface area contributed by atoms with Gasteiger partial charge in [-0.1, -0.05) is 39.8 Å². The first-order valence-corrected chi connectivity index (χ1v) is 18.9. The molecule has 13 heteroatoms. The number of nitrogens with one attached hydrogen (secondary N) is 2. The summed E-state index contributed by atoms with van der Waals surface area (Å²) >= 11 is 0. The summed E-state index contributed by atoms with van der Waals surface area (Å²) in [5.74, 6) is -0.172. The summed E-state index contributed by atoms with van der Waals surface area (Å²) in [7, 11) is 1.97. The molecule has 0 spiro atoms. The first-order valence-electron chi connectivity index (χ1n) is 18.9. The first kappa shape index (κ1) is 36.3. The van der Waals surface area contributed by atoms with Gasteiger partial charge >= 0.3 is 0 Å². The van der Waals surface area contributed by atoms with Gasteiger partial charge in [-0.15, -0.1) is 0 Å². The predicted octanol–water partition coefficient (Wildman–Crippen LogP) is 3.82. The third kappa shape index (κ3) is 6.91. The second-order valence-corrected chi connectivity index (χ2v) is 15.5. The lowest BCUT2D eigenvalue weighted by Gasteiger charge is -2.34. The molecule has 5 heterocycles. The average Bonchev–Trinajstić information content (AvgIpc) is 3.96. The summed E-state index contributed by atoms with van der Waals surface area (Å²) < 4.78 is 13.1. The summed E-state index contributed by atoms with van der Waals surface area (Å²) in [6, 6.07) is 10.1. The Morgan fingerprint density at radius 2 is 1.08 bits per heavy atom. The maximum Gasteiger partial charge on any atom is 0.247 e. The minimum Gasteiger partial charge on any atom is -0.365 e. The fourth-order valence-electron chi connectivity index (χ4n) is 8.78. The van der Waals surface area contributed by atoms with Crippen molar-refractivity contribution >= 4 is 56.8 Å². The number of likely N-dealkylation sites (tertiary alicyclic amines) is 2. The number of amides is 4. The van der Waals surface area contributed by atoms with Crippen molar-refractivity contribution in [2.75, 3.05) is 63.5 Å². The van der Waals surface area contributed by atoms with Crippen molar-refractivity contribution in [1.82, 2.24) is 24.2 Å². The lowest BCUT2D eigenvalue weighted by molar-refractivity contribution is -0.143. The molecule has 2 N–H and O–H groups in total. The van der Waals surface area contributed by atoms with Crippen LogP contribution in [0.2, 0.25) is 0 Å². The number of ether oxygens (including phenoxy) is 2. The second-order valence-electron chi connectivity index (χ2n) is 15.5. The highest BCUT2D eigenvalue weighted by Crippen LogP contribution is 2.33. The van der Waals surface area contributed by atoms with Crippen molar-refractivity contribution in [3.05, 3.63) is 36.4 Å². The zero-order valence-corrected chi connectivity index (χ0v) is 31.1. The number of hydrogen-bond donors (Lipinski definition) is 2. The minimum atomic E-state index is -0.525. The summed E-state index contributed by atoms with van der Waals surface area (Å²) in [5, 5.41) is 8.25. The van der Waals surface area contributed by atoms with Crippen molar-refractivity contribution in [3.63, 3.8) is 0 Å². The van der Waals surface area contributed by atoms with Gasteiger partial charge in [-0.2, -0.15) is 0 Å². The zero-order valence-electron chi connectivity index (χ0n) is 31.1. The van der Waals surface area contributed by atoms with E-state index in [0.29, 0.717) is 77.1 Å². The predicted molar refractivity (Wildman–Crippen MR) is 199 cm³/mol. The van der Waals surface area contributed by atoms with E-state index < -0.39 is 12.1 Å². The summed E-state index contributed by atoms with van der Waals surface area (Å²) in [6.45, 7) is 12.8. The molecule has 3 aromatic rings. The van der Waals surface area contributed by atoms with Gasteiger partial charge in [0.2, 0.25) is 23.6 Å². The van der Waals surface area contributed by atoms with E-state index in [-0.39, 0.29) is 47.5 Å². The first-order chi connectivity index (χ1) is 25.0. The Labute approximate surface area is 305 Å². The van der Waals surface area contributed by atoms with Crippen LogP contribution < -0.4 is 10.6 Å². The molecule has 4 fully saturated rings. The van der Waals surface area contributed by atoms with Crippen molar-refractivity contribution in [3.8, 4) is 0 Å². The average molecular weight is 716 g/mol. The number of benzene rings is 2. The molecule has 2 aromatic carbocycles. The number of carbonyl (C=O) groups excluding carboxylic acids is 4. The molecule has 280 valence electrons. The molecule has 4 saturated heterocycles. The third-order valence-corrected chi connectivity index (χ3v) is 11.3. The molecular formula is C39H53N7O6. The van der Waals surface area contributed by atoms with E-state index in [4.69, 9.17) is 9.47 Å². The third-order valence-electron chi connectivity index (χ3n) is 11.3. The van der Waals surface area contributed by atoms with E-state index in [0.717, 1.165) is 34.6 Å². The van der Waals surface area contributed by atoms with Gasteiger partial charge < -0.3 is 34.5 Å². The molecule has 0 saturated carbocycles. The second kappa shape index (κ2) is 15.1. The maximum atomic E-state index is 13.8. The van der Waals surface area contributed by atoms with Crippen LogP contribution in [0.15, 0.2) is 36.4 Å². The molecule has 0 radical (unpaired) electrons. The highest BCUT2D eigenvalue weighted by molar-refractivity contribution is 6.11. The molecule has 1 aromatic heterocycles. The quantitative estimate of drug-likeness (QED) is 0.325. The van der Waals surface area contributed by atoms with Gasteiger partial charge in [-0.25, -0.2) is 0 Å². The monoisotopic (exact) mass is 715 g/mol. The Hall–Kier alpha value is -4.04. The molecule has 0 unspecified atom stereocenters. The molecule has 4 atom stereocenters. The SMILES string of the molecule is CC(C)[C@@H](C(=O)N1CCC[C@H]1C(=O)Nc1ccc2c3ccc(NC(=O)[C@@H]4CCCN4C(=O)[C@H](C(C)C)N4CCOC4)cc3n(C)c2c1)N1CCOC1. The molecule has 0 bridgehead atoms. The number of anilines is 2. The van der Waals surface area contributed by atoms with E-state index in [1.54, 1.807) is 9.80 Å². The molecule has 7 rings (SSSR count). The van der Waals surface area contributed by atoms with E-state index in [2.05, 4.69) is 25.0 Å². The highest BCUT2D eigenvalue weighted by atomic mass is 16.5. The van der Waals surface area contributed by atoms with Gasteiger partial charge in [0.25, 0.3) is 0 Å². The van der Waals surface area contributed by atoms with E-state index in [1.807, 2.05) is 71.1 Å². The molecule has 0 aliphatic carbocycles. The van der Waals surface area contributed by atoms with Crippen LogP contribution in [-0.2, 0) is 35.7 Å². The summed E-state index contributed by atoms with van der Waals surface area (Å²) in [4.78, 5) is 62.6. The summed E-state index contributed by atoms with van der Waals surface area (Å²) in [5.41, 5.74) is 3.19. The number of hydrogen-bond acceptors (Lipinski definition) is 8. The van der Waals surface area contributed by atoms with Gasteiger partial charge in [0.05, 0.1) is 49.8 Å². The van der Waals surface area contributed by atoms with Gasteiger partial charge in [0.1, 0.15) is 12.1 Å². The topological polar surface area (TPSA) is 129 Å². The lowest BCUT2D eigenvalue weighted by atomic mass is 10.0. The summed E-state index contributed by atoms with van der Waals surface area (Å²) in [6.07, 6.45) is 2.83. The van der Waals surface area contributed by atoms with Crippen molar-refractivity contribution < 1.29 is 28.7 Å². The smallest absolute Gasteiger partial charge is 0.247 e. The standard InChI is InChI=1S/C39H53N7O6/c1-24(2)34(43-16-18-51-22-43)38(49)45-14-6-8-30(45)36(47)40-26-10-12-28-29-13-11-27(21-33(29)42(5)32(28)20-26)41-37(48)31-9-7-15-46(31)39(50)35(25(3)4)44-17-19-52-23-44/h10-13,20-21,24-25,30-31,34-35H,6-9,14-19,22-23H2,1-5H3,(H,40,47)(H,41,48)/t30-,31-,34-,35-/m0/s1. The van der Waals surface area contributed by atoms with Crippen LogP contribution >= 0.6 is 0 Å². The lowest BCUT2D eigenvalue weighted by Crippen LogP contribution is -2.54. The number of nitrogens with zero attached hydrogens (tertiary/aromatic N) is 5. The van der Waals surface area contributed by atoms with Crippen molar-refractivity contribution in [2.24, 2.45) is 18.9 Å². The number of rotatable bonds is 10. The van der Waals surface area contributed by atoms with E-state index in [1.165, 1.54) is 0 Å². The van der Waals surface area contributed by atoms with Crippen LogP contribution in [0.4, 0.5) is 11.4 Å². The molecule has 4 aliphatic heterocycles. The minimum absolute atomic E-state index is 0.00523. The molecule has 4 amide bonds. The van der Waals surface area contributed by atoms with Crippen LogP contribution in [0, 0.1) is 11.8 Å². The van der Waals surface area contributed by atoms with Crippen LogP contribution in [0.5, 0.6) is 0 Å². The van der Waals surface area contributed by atoms with Gasteiger partial charge in [-0.05, 0) is 61.8 Å². The maximum absolute atomic E-state index is 13.8. The Bertz CT molecular complexity index is 1700. The zero-order chi connectivity index (χ0) is 36.7. The van der Waals surface area contributed by atoms with Crippen LogP contribution in [0.25, 0.3) is 21.8 Å². The Kier molecular flexibility index (Phi) is 10.6. The van der Waals surface area contributed by atoms with Crippen LogP contribution in [0.1, 0.15) is 53.4 Å². The van der Waals surface area contributed by atoms with Crippen molar-refractivity contribution in [2.45, 2.75) is 77.5 Å². The number of aromatic nitrogens is 1. The van der Waals surface area contributed by atoms with E-state index >= 15 is 0 Å². The molecule has 52 heavy (non-hydrogen) atoms. The normalized spacial score (nSPS) is 22.7.